The van der Waals surface area contributed by atoms with Crippen molar-refractivity contribution in [2.24, 2.45) is 0 Å². The number of aromatic nitrogens is 2. The van der Waals surface area contributed by atoms with Crippen molar-refractivity contribution < 1.29 is 9.18 Å². The molecule has 4 aromatic rings. The lowest BCUT2D eigenvalue weighted by atomic mass is 9.87. The minimum atomic E-state index is -0.304. The molecule has 5 heteroatoms. The number of amides is 1. The van der Waals surface area contributed by atoms with Gasteiger partial charge in [-0.25, -0.2) is 9.37 Å². The Bertz CT molecular complexity index is 1300. The Morgan fingerprint density at radius 2 is 1.67 bits per heavy atom. The monoisotopic (exact) mass is 441 g/mol. The van der Waals surface area contributed by atoms with Gasteiger partial charge in [0.2, 0.25) is 5.91 Å². The number of fused-ring (bicyclic) bond motifs is 1. The van der Waals surface area contributed by atoms with Crippen LogP contribution in [0.15, 0.2) is 72.8 Å². The molecule has 33 heavy (non-hydrogen) atoms. The van der Waals surface area contributed by atoms with Crippen LogP contribution in [0.5, 0.6) is 0 Å². The first-order valence-corrected chi connectivity index (χ1v) is 11.4. The smallest absolute Gasteiger partial charge is 0.227 e. The van der Waals surface area contributed by atoms with E-state index < -0.39 is 0 Å². The number of hydrogen-bond acceptors (Lipinski definition) is 2. The van der Waals surface area contributed by atoms with Crippen molar-refractivity contribution in [1.29, 1.82) is 0 Å². The second-order valence-corrected chi connectivity index (χ2v) is 9.87. The molecule has 0 unspecified atom stereocenters. The first-order valence-electron chi connectivity index (χ1n) is 11.4. The molecule has 0 spiro atoms. The molecule has 3 aromatic carbocycles. The Kier molecular flexibility index (Phi) is 5.28. The number of halogens is 1. The highest BCUT2D eigenvalue weighted by Crippen LogP contribution is 2.34. The SMILES string of the molecule is CC(C)(C)c1ccc(Cn2c([C@H]3CC(=O)N(c4ccc(F)cc4)C3)nc3ccccc32)cc1. The largest absolute Gasteiger partial charge is 0.323 e. The fourth-order valence-electron chi connectivity index (χ4n) is 4.62. The van der Waals surface area contributed by atoms with E-state index in [0.29, 0.717) is 19.5 Å². The Balaban J connectivity index is 1.48. The van der Waals surface area contributed by atoms with Gasteiger partial charge >= 0.3 is 0 Å². The zero-order valence-electron chi connectivity index (χ0n) is 19.3. The predicted molar refractivity (Wildman–Crippen MR) is 130 cm³/mol. The maximum atomic E-state index is 13.4. The quantitative estimate of drug-likeness (QED) is 0.387. The van der Waals surface area contributed by atoms with Gasteiger partial charge in [0, 0.05) is 31.1 Å². The lowest BCUT2D eigenvalue weighted by Crippen LogP contribution is -2.24. The first kappa shape index (κ1) is 21.4. The fourth-order valence-corrected chi connectivity index (χ4v) is 4.62. The minimum absolute atomic E-state index is 0.0243. The average molecular weight is 442 g/mol. The highest BCUT2D eigenvalue weighted by atomic mass is 19.1. The molecular formula is C28H28FN3O. The van der Waals surface area contributed by atoms with Gasteiger partial charge in [0.25, 0.3) is 0 Å². The Morgan fingerprint density at radius 1 is 0.970 bits per heavy atom. The van der Waals surface area contributed by atoms with Crippen molar-refractivity contribution in [3.63, 3.8) is 0 Å². The topological polar surface area (TPSA) is 38.1 Å². The molecule has 1 aliphatic heterocycles. The van der Waals surface area contributed by atoms with Gasteiger partial charge in [-0.2, -0.15) is 0 Å². The van der Waals surface area contributed by atoms with Crippen LogP contribution in [0.3, 0.4) is 0 Å². The number of imidazole rings is 1. The van der Waals surface area contributed by atoms with Gasteiger partial charge in [-0.15, -0.1) is 0 Å². The van der Waals surface area contributed by atoms with Gasteiger partial charge in [-0.05, 0) is 52.9 Å². The maximum absolute atomic E-state index is 13.4. The zero-order valence-corrected chi connectivity index (χ0v) is 19.3. The number of carbonyl (C=O) groups excluding carboxylic acids is 1. The number of rotatable bonds is 4. The third-order valence-corrected chi connectivity index (χ3v) is 6.47. The lowest BCUT2D eigenvalue weighted by molar-refractivity contribution is -0.117. The summed E-state index contributed by atoms with van der Waals surface area (Å²) >= 11 is 0. The summed E-state index contributed by atoms with van der Waals surface area (Å²) in [6.45, 7) is 7.88. The van der Waals surface area contributed by atoms with Crippen LogP contribution in [0.1, 0.15) is 50.1 Å². The van der Waals surface area contributed by atoms with Crippen LogP contribution in [-0.2, 0) is 16.8 Å². The highest BCUT2D eigenvalue weighted by molar-refractivity contribution is 5.96. The van der Waals surface area contributed by atoms with E-state index in [0.717, 1.165) is 22.5 Å². The average Bonchev–Trinajstić information content (AvgIpc) is 3.35. The van der Waals surface area contributed by atoms with Crippen LogP contribution in [0, 0.1) is 5.82 Å². The summed E-state index contributed by atoms with van der Waals surface area (Å²) in [7, 11) is 0. The van der Waals surface area contributed by atoms with Gasteiger partial charge in [-0.1, -0.05) is 57.2 Å². The number of benzene rings is 3. The van der Waals surface area contributed by atoms with Gasteiger partial charge in [-0.3, -0.25) is 4.79 Å². The Morgan fingerprint density at radius 3 is 2.36 bits per heavy atom. The van der Waals surface area contributed by atoms with E-state index in [4.69, 9.17) is 4.98 Å². The number of nitrogens with zero attached hydrogens (tertiary/aromatic N) is 3. The van der Waals surface area contributed by atoms with E-state index in [9.17, 15) is 9.18 Å². The van der Waals surface area contributed by atoms with Crippen molar-refractivity contribution in [2.45, 2.75) is 45.1 Å². The van der Waals surface area contributed by atoms with Gasteiger partial charge in [0.05, 0.1) is 11.0 Å². The minimum Gasteiger partial charge on any atom is -0.323 e. The Labute approximate surface area is 193 Å². The van der Waals surface area contributed by atoms with E-state index in [2.05, 4.69) is 55.7 Å². The second-order valence-electron chi connectivity index (χ2n) is 9.87. The number of hydrogen-bond donors (Lipinski definition) is 0. The zero-order chi connectivity index (χ0) is 23.2. The van der Waals surface area contributed by atoms with E-state index in [1.165, 1.54) is 23.3 Å². The molecule has 2 heterocycles. The molecule has 4 nitrogen and oxygen atoms in total. The molecule has 1 fully saturated rings. The highest BCUT2D eigenvalue weighted by Gasteiger charge is 2.34. The van der Waals surface area contributed by atoms with E-state index in [1.807, 2.05) is 18.2 Å². The molecule has 1 aliphatic rings. The van der Waals surface area contributed by atoms with Crippen molar-refractivity contribution in [1.82, 2.24) is 9.55 Å². The lowest BCUT2D eigenvalue weighted by Gasteiger charge is -2.20. The molecule has 0 saturated carbocycles. The Hall–Kier alpha value is -3.47. The summed E-state index contributed by atoms with van der Waals surface area (Å²) in [5, 5.41) is 0. The summed E-state index contributed by atoms with van der Waals surface area (Å²) in [4.78, 5) is 19.5. The number of para-hydroxylation sites is 2. The van der Waals surface area contributed by atoms with E-state index in [-0.39, 0.29) is 23.1 Å². The fraction of sp³-hybridized carbons (Fsp3) is 0.286. The molecule has 0 N–H and O–H groups in total. The number of carbonyl (C=O) groups is 1. The van der Waals surface area contributed by atoms with Gasteiger partial charge in [0.15, 0.2) is 0 Å². The summed E-state index contributed by atoms with van der Waals surface area (Å²) in [5.74, 6) is 0.638. The van der Waals surface area contributed by atoms with Crippen LogP contribution in [0.25, 0.3) is 11.0 Å². The molecule has 0 aliphatic carbocycles. The summed E-state index contributed by atoms with van der Waals surface area (Å²) in [6, 6.07) is 23.0. The van der Waals surface area contributed by atoms with Crippen LogP contribution < -0.4 is 4.90 Å². The second kappa shape index (κ2) is 8.14. The van der Waals surface area contributed by atoms with E-state index >= 15 is 0 Å². The predicted octanol–water partition coefficient (Wildman–Crippen LogP) is 6.04. The maximum Gasteiger partial charge on any atom is 0.227 e. The summed E-state index contributed by atoms with van der Waals surface area (Å²) in [5.41, 5.74) is 5.35. The van der Waals surface area contributed by atoms with Crippen molar-refractivity contribution in [3.8, 4) is 0 Å². The number of anilines is 1. The molecule has 168 valence electrons. The molecule has 1 aromatic heterocycles. The van der Waals surface area contributed by atoms with Crippen LogP contribution in [-0.4, -0.2) is 22.0 Å². The van der Waals surface area contributed by atoms with Crippen LogP contribution in [0.2, 0.25) is 0 Å². The third-order valence-electron chi connectivity index (χ3n) is 6.47. The van der Waals surface area contributed by atoms with Crippen LogP contribution in [0.4, 0.5) is 10.1 Å². The normalized spacial score (nSPS) is 16.7. The summed E-state index contributed by atoms with van der Waals surface area (Å²) < 4.78 is 15.6. The van der Waals surface area contributed by atoms with Crippen molar-refractivity contribution in [2.75, 3.05) is 11.4 Å². The molecular weight excluding hydrogens is 413 g/mol. The van der Waals surface area contributed by atoms with Crippen LogP contribution >= 0.6 is 0 Å². The van der Waals surface area contributed by atoms with Crippen molar-refractivity contribution >= 4 is 22.6 Å². The molecule has 0 bridgehead atoms. The first-order chi connectivity index (χ1) is 15.8. The standard InChI is InChI=1S/C28H28FN3O/c1-28(2,3)21-10-8-19(9-11-21)17-32-25-7-5-4-6-24(25)30-27(32)20-16-26(33)31(18-20)23-14-12-22(29)13-15-23/h4-15,20H,16-18H2,1-3H3/t20-/m0/s1. The third kappa shape index (κ3) is 4.15. The van der Waals surface area contributed by atoms with Gasteiger partial charge < -0.3 is 9.47 Å². The molecule has 5 rings (SSSR count). The van der Waals surface area contributed by atoms with E-state index in [1.54, 1.807) is 17.0 Å². The molecule has 1 atom stereocenters. The molecule has 1 saturated heterocycles. The summed E-state index contributed by atoms with van der Waals surface area (Å²) in [6.07, 6.45) is 0.393. The molecule has 0 radical (unpaired) electrons. The molecule has 1 amide bonds. The van der Waals surface area contributed by atoms with Gasteiger partial charge in [0.1, 0.15) is 11.6 Å². The van der Waals surface area contributed by atoms with Crippen molar-refractivity contribution in [3.05, 3.63) is 95.6 Å².